The van der Waals surface area contributed by atoms with Crippen LogP contribution in [0.2, 0.25) is 0 Å². The summed E-state index contributed by atoms with van der Waals surface area (Å²) in [6, 6.07) is 9.36. The summed E-state index contributed by atoms with van der Waals surface area (Å²) in [6.07, 6.45) is 7.40. The molecule has 2 atom stereocenters. The molecule has 2 amide bonds. The van der Waals surface area contributed by atoms with Crippen molar-refractivity contribution in [2.24, 2.45) is 5.92 Å². The van der Waals surface area contributed by atoms with E-state index in [9.17, 15) is 14.7 Å². The van der Waals surface area contributed by atoms with Gasteiger partial charge in [-0.2, -0.15) is 5.10 Å². The van der Waals surface area contributed by atoms with Crippen LogP contribution in [0.3, 0.4) is 0 Å². The molecule has 1 aliphatic carbocycles. The Hall–Kier alpha value is -2.71. The molecule has 2 N–H and O–H groups in total. The number of carbonyl (C=O) groups excluding carboxylic acids is 2. The first-order valence-electron chi connectivity index (χ1n) is 15.0. The lowest BCUT2D eigenvalue weighted by molar-refractivity contribution is -0.166. The fourth-order valence-corrected chi connectivity index (χ4v) is 6.98. The van der Waals surface area contributed by atoms with Crippen LogP contribution in [0, 0.1) is 19.8 Å². The molecule has 2 aromatic rings. The summed E-state index contributed by atoms with van der Waals surface area (Å²) in [5, 5.41) is 19.0. The molecule has 8 heteroatoms. The van der Waals surface area contributed by atoms with E-state index < -0.39 is 17.7 Å². The number of benzene rings is 1. The second-order valence-electron chi connectivity index (χ2n) is 11.9. The predicted octanol–water partition coefficient (Wildman–Crippen LogP) is 3.89. The average molecular weight is 536 g/mol. The Bertz CT molecular complexity index is 1150. The molecule has 1 aromatic heterocycles. The molecule has 1 saturated carbocycles. The normalized spacial score (nSPS) is 23.3. The fraction of sp³-hybridized carbons (Fsp3) is 0.645. The number of likely N-dealkylation sites (tertiary alicyclic amines) is 1. The number of nitrogens with one attached hydrogen (secondary N) is 1. The Morgan fingerprint density at radius 3 is 2.44 bits per heavy atom. The second kappa shape index (κ2) is 11.8. The lowest BCUT2D eigenvalue weighted by Crippen LogP contribution is -2.75. The molecule has 39 heavy (non-hydrogen) atoms. The first-order chi connectivity index (χ1) is 18.9. The molecule has 5 rings (SSSR count). The predicted molar refractivity (Wildman–Crippen MR) is 151 cm³/mol. The van der Waals surface area contributed by atoms with Gasteiger partial charge < -0.3 is 15.3 Å². The zero-order valence-corrected chi connectivity index (χ0v) is 23.9. The van der Waals surface area contributed by atoms with E-state index in [1.54, 1.807) is 0 Å². The molecule has 3 heterocycles. The maximum absolute atomic E-state index is 13.9. The van der Waals surface area contributed by atoms with Crippen LogP contribution in [-0.4, -0.2) is 73.8 Å². The van der Waals surface area contributed by atoms with Crippen molar-refractivity contribution in [1.82, 2.24) is 24.9 Å². The smallest absolute Gasteiger partial charge is 0.248 e. The van der Waals surface area contributed by atoms with Crippen LogP contribution in [0.5, 0.6) is 0 Å². The van der Waals surface area contributed by atoms with Crippen LogP contribution < -0.4 is 5.32 Å². The molecule has 0 radical (unpaired) electrons. The number of amides is 2. The first-order valence-corrected chi connectivity index (χ1v) is 15.0. The molecule has 2 saturated heterocycles. The molecule has 212 valence electrons. The first kappa shape index (κ1) is 27.8. The maximum atomic E-state index is 13.9. The van der Waals surface area contributed by atoms with Crippen molar-refractivity contribution in [2.75, 3.05) is 19.6 Å². The Morgan fingerprint density at radius 2 is 1.77 bits per heavy atom. The van der Waals surface area contributed by atoms with Crippen molar-refractivity contribution < 1.29 is 14.7 Å². The standard InChI is InChI=1S/C31H45N5O3/c1-4-5-18-35-29(38)27(28(37)24-12-8-6-9-13-24)32-30(39)31(35)16-19-34(20-17-31)21-26-22(2)33-36(23(26)3)25-14-10-7-11-15-25/h7,10-11,14-15,24,27-28,37H,4-6,8-9,12-13,16-21H2,1-3H3,(H,32,39)/t27-,28-/m1/s1. The van der Waals surface area contributed by atoms with Crippen LogP contribution in [-0.2, 0) is 16.1 Å². The quantitative estimate of drug-likeness (QED) is 0.535. The Labute approximate surface area is 232 Å². The highest BCUT2D eigenvalue weighted by atomic mass is 16.3. The lowest BCUT2D eigenvalue weighted by atomic mass is 9.78. The van der Waals surface area contributed by atoms with Crippen LogP contribution in [0.4, 0.5) is 0 Å². The van der Waals surface area contributed by atoms with E-state index in [1.165, 1.54) is 12.0 Å². The van der Waals surface area contributed by atoms with Gasteiger partial charge in [0.15, 0.2) is 0 Å². The van der Waals surface area contributed by atoms with Gasteiger partial charge in [0.2, 0.25) is 11.8 Å². The number of hydrogen-bond acceptors (Lipinski definition) is 5. The van der Waals surface area contributed by atoms with E-state index in [4.69, 9.17) is 5.10 Å². The summed E-state index contributed by atoms with van der Waals surface area (Å²) in [5.41, 5.74) is 3.59. The number of aromatic nitrogens is 2. The number of unbranched alkanes of at least 4 members (excludes halogenated alkanes) is 1. The highest BCUT2D eigenvalue weighted by molar-refractivity contribution is 6.00. The average Bonchev–Trinajstić information content (AvgIpc) is 3.25. The third-order valence-electron chi connectivity index (χ3n) is 9.47. The number of aryl methyl sites for hydroxylation is 1. The van der Waals surface area contributed by atoms with E-state index >= 15 is 0 Å². The van der Waals surface area contributed by atoms with E-state index in [1.807, 2.05) is 27.8 Å². The molecule has 2 aliphatic heterocycles. The maximum Gasteiger partial charge on any atom is 0.248 e. The number of piperazine rings is 1. The van der Waals surface area contributed by atoms with Gasteiger partial charge in [-0.25, -0.2) is 4.68 Å². The Kier molecular flexibility index (Phi) is 8.43. The molecular formula is C31H45N5O3. The molecule has 1 aromatic carbocycles. The summed E-state index contributed by atoms with van der Waals surface area (Å²) >= 11 is 0. The molecular weight excluding hydrogens is 490 g/mol. The molecule has 1 spiro atoms. The van der Waals surface area contributed by atoms with E-state index in [0.717, 1.165) is 75.2 Å². The summed E-state index contributed by atoms with van der Waals surface area (Å²) in [7, 11) is 0. The number of aliphatic hydroxyl groups excluding tert-OH is 1. The van der Waals surface area contributed by atoms with Crippen LogP contribution in [0.1, 0.15) is 81.7 Å². The molecule has 0 unspecified atom stereocenters. The number of nitrogens with zero attached hydrogens (tertiary/aromatic N) is 4. The van der Waals surface area contributed by atoms with Gasteiger partial charge in [-0.1, -0.05) is 50.8 Å². The summed E-state index contributed by atoms with van der Waals surface area (Å²) in [5.74, 6) is -0.0902. The third-order valence-corrected chi connectivity index (χ3v) is 9.47. The number of aliphatic hydroxyl groups is 1. The van der Waals surface area contributed by atoms with Gasteiger partial charge in [0.1, 0.15) is 11.6 Å². The van der Waals surface area contributed by atoms with Gasteiger partial charge in [0.05, 0.1) is 17.5 Å². The summed E-state index contributed by atoms with van der Waals surface area (Å²) in [6.45, 7) is 9.09. The van der Waals surface area contributed by atoms with Crippen LogP contribution >= 0.6 is 0 Å². The second-order valence-corrected chi connectivity index (χ2v) is 11.9. The van der Waals surface area contributed by atoms with Gasteiger partial charge >= 0.3 is 0 Å². The zero-order chi connectivity index (χ0) is 27.6. The topological polar surface area (TPSA) is 90.7 Å². The lowest BCUT2D eigenvalue weighted by Gasteiger charge is -2.52. The highest BCUT2D eigenvalue weighted by Crippen LogP contribution is 2.36. The number of rotatable bonds is 8. The van der Waals surface area contributed by atoms with E-state index in [2.05, 4.69) is 43.1 Å². The zero-order valence-electron chi connectivity index (χ0n) is 23.9. The Balaban J connectivity index is 1.30. The van der Waals surface area contributed by atoms with Crippen molar-refractivity contribution in [3.05, 3.63) is 47.3 Å². The van der Waals surface area contributed by atoms with Gasteiger partial charge in [-0.3, -0.25) is 14.5 Å². The van der Waals surface area contributed by atoms with Gasteiger partial charge in [-0.15, -0.1) is 0 Å². The number of para-hydroxylation sites is 1. The Morgan fingerprint density at radius 1 is 1.08 bits per heavy atom. The molecule has 8 nitrogen and oxygen atoms in total. The van der Waals surface area contributed by atoms with Crippen molar-refractivity contribution in [1.29, 1.82) is 0 Å². The number of hydrogen-bond donors (Lipinski definition) is 2. The number of piperidine rings is 1. The van der Waals surface area contributed by atoms with Crippen LogP contribution in [0.25, 0.3) is 5.69 Å². The molecule has 3 fully saturated rings. The number of carbonyl (C=O) groups is 2. The SMILES string of the molecule is CCCCN1C(=O)[C@@H]([C@H](O)C2CCCCC2)NC(=O)C12CCN(Cc1c(C)nn(-c3ccccc3)c1C)CC2. The van der Waals surface area contributed by atoms with Gasteiger partial charge in [-0.05, 0) is 64.0 Å². The van der Waals surface area contributed by atoms with Gasteiger partial charge in [0.25, 0.3) is 0 Å². The monoisotopic (exact) mass is 535 g/mol. The van der Waals surface area contributed by atoms with Crippen molar-refractivity contribution >= 4 is 11.8 Å². The minimum Gasteiger partial charge on any atom is -0.390 e. The fourth-order valence-electron chi connectivity index (χ4n) is 6.98. The summed E-state index contributed by atoms with van der Waals surface area (Å²) in [4.78, 5) is 31.9. The molecule has 0 bridgehead atoms. The van der Waals surface area contributed by atoms with Crippen molar-refractivity contribution in [3.8, 4) is 5.69 Å². The summed E-state index contributed by atoms with van der Waals surface area (Å²) < 4.78 is 2.01. The minimum atomic E-state index is -0.830. The third kappa shape index (κ3) is 5.38. The largest absolute Gasteiger partial charge is 0.390 e. The van der Waals surface area contributed by atoms with E-state index in [-0.39, 0.29) is 17.7 Å². The van der Waals surface area contributed by atoms with Gasteiger partial charge in [0, 0.05) is 37.4 Å². The highest BCUT2D eigenvalue weighted by Gasteiger charge is 2.55. The minimum absolute atomic E-state index is 0.0815. The van der Waals surface area contributed by atoms with Crippen LogP contribution in [0.15, 0.2) is 30.3 Å². The van der Waals surface area contributed by atoms with Crippen molar-refractivity contribution in [3.63, 3.8) is 0 Å². The van der Waals surface area contributed by atoms with E-state index in [0.29, 0.717) is 19.4 Å². The molecule has 3 aliphatic rings. The van der Waals surface area contributed by atoms with Crippen molar-refractivity contribution in [2.45, 2.75) is 103 Å².